The fourth-order valence-corrected chi connectivity index (χ4v) is 2.51. The van der Waals surface area contributed by atoms with Gasteiger partial charge in [-0.15, -0.1) is 0 Å². The molecule has 0 spiro atoms. The van der Waals surface area contributed by atoms with Crippen molar-refractivity contribution in [1.82, 2.24) is 0 Å². The van der Waals surface area contributed by atoms with Crippen molar-refractivity contribution in [2.75, 3.05) is 5.32 Å². The number of rotatable bonds is 2. The Hall–Kier alpha value is -1.20. The number of benzene rings is 2. The van der Waals surface area contributed by atoms with Gasteiger partial charge in [-0.05, 0) is 65.2 Å². The van der Waals surface area contributed by atoms with Crippen molar-refractivity contribution in [3.05, 3.63) is 61.8 Å². The van der Waals surface area contributed by atoms with Gasteiger partial charge in [0.2, 0.25) is 0 Å². The van der Waals surface area contributed by atoms with Crippen LogP contribution in [0.15, 0.2) is 39.3 Å². The van der Waals surface area contributed by atoms with Crippen molar-refractivity contribution < 1.29 is 9.18 Å². The van der Waals surface area contributed by atoms with E-state index in [1.165, 1.54) is 6.07 Å². The lowest BCUT2D eigenvalue weighted by Gasteiger charge is -2.11. The summed E-state index contributed by atoms with van der Waals surface area (Å²) >= 11 is 6.47. The van der Waals surface area contributed by atoms with Crippen LogP contribution in [0.4, 0.5) is 10.1 Å². The summed E-state index contributed by atoms with van der Waals surface area (Å²) in [4.78, 5) is 12.3. The quantitative estimate of drug-likeness (QED) is 0.735. The smallest absolute Gasteiger partial charge is 0.255 e. The average molecular weight is 401 g/mol. The Morgan fingerprint density at radius 2 is 1.80 bits per heavy atom. The minimum absolute atomic E-state index is 0.217. The lowest BCUT2D eigenvalue weighted by molar-refractivity contribution is 0.102. The summed E-state index contributed by atoms with van der Waals surface area (Å²) < 4.78 is 14.5. The minimum Gasteiger partial charge on any atom is -0.322 e. The summed E-state index contributed by atoms with van der Waals surface area (Å²) in [6.07, 6.45) is 0. The van der Waals surface area contributed by atoms with Crippen LogP contribution in [0, 0.1) is 19.7 Å². The van der Waals surface area contributed by atoms with E-state index in [1.54, 1.807) is 19.1 Å². The molecular formula is C15H12Br2FNO. The Morgan fingerprint density at radius 1 is 1.10 bits per heavy atom. The number of amides is 1. The highest BCUT2D eigenvalue weighted by Crippen LogP contribution is 2.25. The molecule has 2 rings (SSSR count). The Labute approximate surface area is 133 Å². The van der Waals surface area contributed by atoms with Crippen molar-refractivity contribution in [1.29, 1.82) is 0 Å². The van der Waals surface area contributed by atoms with Crippen LogP contribution in [-0.2, 0) is 0 Å². The molecule has 0 bridgehead atoms. The molecule has 0 aliphatic rings. The van der Waals surface area contributed by atoms with Crippen molar-refractivity contribution >= 4 is 43.5 Å². The van der Waals surface area contributed by atoms with Crippen molar-refractivity contribution in [2.24, 2.45) is 0 Å². The van der Waals surface area contributed by atoms with Crippen LogP contribution >= 0.6 is 31.9 Å². The second-order valence-corrected chi connectivity index (χ2v) is 6.26. The highest BCUT2D eigenvalue weighted by Gasteiger charge is 2.12. The molecule has 2 aromatic carbocycles. The molecule has 0 fully saturated rings. The second kappa shape index (κ2) is 6.06. The highest BCUT2D eigenvalue weighted by atomic mass is 79.9. The number of anilines is 1. The van der Waals surface area contributed by atoms with Gasteiger partial charge in [-0.2, -0.15) is 0 Å². The van der Waals surface area contributed by atoms with Gasteiger partial charge in [-0.3, -0.25) is 4.79 Å². The lowest BCUT2D eigenvalue weighted by Crippen LogP contribution is -2.14. The van der Waals surface area contributed by atoms with E-state index in [9.17, 15) is 9.18 Å². The van der Waals surface area contributed by atoms with Crippen LogP contribution in [-0.4, -0.2) is 5.91 Å². The first-order valence-corrected chi connectivity index (χ1v) is 7.50. The van der Waals surface area contributed by atoms with Crippen LogP contribution in [0.1, 0.15) is 21.5 Å². The van der Waals surface area contributed by atoms with E-state index in [-0.39, 0.29) is 11.7 Å². The zero-order chi connectivity index (χ0) is 14.9. The average Bonchev–Trinajstić information content (AvgIpc) is 2.38. The summed E-state index contributed by atoms with van der Waals surface area (Å²) in [7, 11) is 0. The third kappa shape index (κ3) is 3.27. The molecule has 1 amide bonds. The molecule has 104 valence electrons. The molecule has 0 saturated carbocycles. The van der Waals surface area contributed by atoms with Crippen molar-refractivity contribution in [3.8, 4) is 0 Å². The predicted molar refractivity (Wildman–Crippen MR) is 85.7 cm³/mol. The van der Waals surface area contributed by atoms with Gasteiger partial charge in [-0.1, -0.05) is 22.0 Å². The van der Waals surface area contributed by atoms with Crippen molar-refractivity contribution in [3.63, 3.8) is 0 Å². The normalized spacial score (nSPS) is 10.4. The number of halogens is 3. The number of hydrogen-bond acceptors (Lipinski definition) is 1. The molecule has 20 heavy (non-hydrogen) atoms. The van der Waals surface area contributed by atoms with E-state index >= 15 is 0 Å². The van der Waals surface area contributed by atoms with Crippen LogP contribution in [0.3, 0.4) is 0 Å². The number of carbonyl (C=O) groups excluding carboxylic acids is 1. The fourth-order valence-electron chi connectivity index (χ4n) is 1.81. The zero-order valence-corrected chi connectivity index (χ0v) is 14.1. The molecule has 0 radical (unpaired) electrons. The van der Waals surface area contributed by atoms with Gasteiger partial charge in [0.05, 0.1) is 4.47 Å². The molecule has 0 aliphatic heterocycles. The molecule has 0 heterocycles. The maximum atomic E-state index is 13.4. The molecule has 1 N–H and O–H groups in total. The Balaban J connectivity index is 2.32. The first kappa shape index (κ1) is 15.2. The van der Waals surface area contributed by atoms with Gasteiger partial charge in [0.1, 0.15) is 5.82 Å². The largest absolute Gasteiger partial charge is 0.322 e. The number of hydrogen-bond donors (Lipinski definition) is 1. The van der Waals surface area contributed by atoms with Gasteiger partial charge < -0.3 is 5.32 Å². The standard InChI is InChI=1S/C15H12Br2FNO/c1-8-3-4-10(16)6-11(8)15(20)19-14-7-12(17)13(18)5-9(14)2/h3-7H,1-2H3,(H,19,20). The lowest BCUT2D eigenvalue weighted by atomic mass is 10.1. The van der Waals surface area contributed by atoms with E-state index in [2.05, 4.69) is 37.2 Å². The van der Waals surface area contributed by atoms with Gasteiger partial charge in [0.25, 0.3) is 5.91 Å². The van der Waals surface area contributed by atoms with Crippen LogP contribution in [0.5, 0.6) is 0 Å². The first-order valence-electron chi connectivity index (χ1n) is 5.91. The molecule has 0 aliphatic carbocycles. The van der Waals surface area contributed by atoms with Crippen LogP contribution in [0.25, 0.3) is 0 Å². The Kier molecular flexibility index (Phi) is 4.60. The molecule has 5 heteroatoms. The van der Waals surface area contributed by atoms with E-state index in [4.69, 9.17) is 0 Å². The van der Waals surface area contributed by atoms with Crippen LogP contribution < -0.4 is 5.32 Å². The molecule has 2 aromatic rings. The molecule has 2 nitrogen and oxygen atoms in total. The van der Waals surface area contributed by atoms with Gasteiger partial charge >= 0.3 is 0 Å². The summed E-state index contributed by atoms with van der Waals surface area (Å²) in [5, 5.41) is 2.81. The first-order chi connectivity index (χ1) is 9.38. The van der Waals surface area contributed by atoms with E-state index < -0.39 is 0 Å². The summed E-state index contributed by atoms with van der Waals surface area (Å²) in [6, 6.07) is 8.46. The summed E-state index contributed by atoms with van der Waals surface area (Å²) in [6.45, 7) is 3.62. The maximum Gasteiger partial charge on any atom is 0.255 e. The van der Waals surface area contributed by atoms with Crippen LogP contribution in [0.2, 0.25) is 0 Å². The third-order valence-electron chi connectivity index (χ3n) is 2.96. The van der Waals surface area contributed by atoms with Crippen molar-refractivity contribution in [2.45, 2.75) is 13.8 Å². The summed E-state index contributed by atoms with van der Waals surface area (Å²) in [5.41, 5.74) is 2.72. The van der Waals surface area contributed by atoms with E-state index in [0.717, 1.165) is 10.0 Å². The number of aryl methyl sites for hydroxylation is 2. The molecule has 0 unspecified atom stereocenters. The number of carbonyl (C=O) groups is 1. The maximum absolute atomic E-state index is 13.4. The fraction of sp³-hybridized carbons (Fsp3) is 0.133. The van der Waals surface area contributed by atoms with E-state index in [1.807, 2.05) is 19.1 Å². The molecule has 0 saturated heterocycles. The van der Waals surface area contributed by atoms with Gasteiger partial charge in [0, 0.05) is 15.7 Å². The number of nitrogens with one attached hydrogen (secondary N) is 1. The molecule has 0 atom stereocenters. The monoisotopic (exact) mass is 399 g/mol. The van der Waals surface area contributed by atoms with Gasteiger partial charge in [0.15, 0.2) is 0 Å². The van der Waals surface area contributed by atoms with Gasteiger partial charge in [-0.25, -0.2) is 4.39 Å². The van der Waals surface area contributed by atoms with E-state index in [0.29, 0.717) is 21.3 Å². The molecular weight excluding hydrogens is 389 g/mol. The summed E-state index contributed by atoms with van der Waals surface area (Å²) in [5.74, 6) is -0.565. The minimum atomic E-state index is -0.348. The molecule has 0 aromatic heterocycles. The Morgan fingerprint density at radius 3 is 2.50 bits per heavy atom. The Bertz CT molecular complexity index is 686. The topological polar surface area (TPSA) is 29.1 Å². The highest BCUT2D eigenvalue weighted by molar-refractivity contribution is 9.10. The zero-order valence-electron chi connectivity index (χ0n) is 10.9. The predicted octanol–water partition coefficient (Wildman–Crippen LogP) is 5.22. The third-order valence-corrected chi connectivity index (χ3v) is 4.06. The second-order valence-electron chi connectivity index (χ2n) is 4.49. The SMILES string of the molecule is Cc1cc(F)c(Br)cc1NC(=O)c1cc(Br)ccc1C.